The number of benzene rings is 2. The molecule has 0 heterocycles. The standard InChI is InChI=1S/C15H15O/c16-15(11-13-7-3-1-4-8-13)12-14-9-5-2-6-10-14/h1-10,15H,11-12H2. The Morgan fingerprint density at radius 2 is 1.06 bits per heavy atom. The molecule has 0 spiro atoms. The van der Waals surface area contributed by atoms with Gasteiger partial charge >= 0.3 is 0 Å². The first-order valence-electron chi connectivity index (χ1n) is 5.58. The molecule has 0 N–H and O–H groups in total. The first-order chi connectivity index (χ1) is 7.84. The monoisotopic (exact) mass is 211 g/mol. The van der Waals surface area contributed by atoms with Crippen LogP contribution < -0.4 is 0 Å². The molecule has 0 aliphatic carbocycles. The van der Waals surface area contributed by atoms with Gasteiger partial charge in [0.2, 0.25) is 0 Å². The lowest BCUT2D eigenvalue weighted by atomic mass is 10.0. The Kier molecular flexibility index (Phi) is 3.73. The molecule has 0 bridgehead atoms. The fourth-order valence-corrected chi connectivity index (χ4v) is 1.83. The van der Waals surface area contributed by atoms with Crippen molar-refractivity contribution in [2.45, 2.75) is 18.9 Å². The van der Waals surface area contributed by atoms with Gasteiger partial charge in [0.05, 0.1) is 0 Å². The van der Waals surface area contributed by atoms with Crippen molar-refractivity contribution in [1.82, 2.24) is 0 Å². The van der Waals surface area contributed by atoms with Crippen LogP contribution in [0.5, 0.6) is 0 Å². The van der Waals surface area contributed by atoms with Gasteiger partial charge < -0.3 is 0 Å². The van der Waals surface area contributed by atoms with Crippen molar-refractivity contribution in [3.63, 3.8) is 0 Å². The summed E-state index contributed by atoms with van der Waals surface area (Å²) in [6.45, 7) is 0. The van der Waals surface area contributed by atoms with Crippen LogP contribution in [0.1, 0.15) is 11.1 Å². The molecule has 0 aliphatic rings. The maximum absolute atomic E-state index is 11.9. The zero-order valence-corrected chi connectivity index (χ0v) is 9.17. The molecule has 1 heteroatoms. The average molecular weight is 211 g/mol. The van der Waals surface area contributed by atoms with Crippen LogP contribution in [-0.2, 0) is 17.9 Å². The molecule has 81 valence electrons. The highest BCUT2D eigenvalue weighted by Crippen LogP contribution is 2.09. The Hall–Kier alpha value is -1.60. The SMILES string of the molecule is [O]C(Cc1ccccc1)Cc1ccccc1. The highest BCUT2D eigenvalue weighted by atomic mass is 16.3. The van der Waals surface area contributed by atoms with Crippen LogP contribution in [0.3, 0.4) is 0 Å². The Morgan fingerprint density at radius 3 is 1.44 bits per heavy atom. The third-order valence-electron chi connectivity index (χ3n) is 2.61. The molecule has 2 aromatic rings. The second kappa shape index (κ2) is 5.47. The summed E-state index contributed by atoms with van der Waals surface area (Å²) in [5.74, 6) is 0. The molecule has 16 heavy (non-hydrogen) atoms. The van der Waals surface area contributed by atoms with Gasteiger partial charge in [-0.05, 0) is 11.1 Å². The van der Waals surface area contributed by atoms with Crippen LogP contribution in [-0.4, -0.2) is 6.10 Å². The number of hydrogen-bond donors (Lipinski definition) is 0. The van der Waals surface area contributed by atoms with E-state index in [2.05, 4.69) is 0 Å². The number of hydrogen-bond acceptors (Lipinski definition) is 0. The van der Waals surface area contributed by atoms with Crippen molar-refractivity contribution in [2.75, 3.05) is 0 Å². The molecule has 1 nitrogen and oxygen atoms in total. The van der Waals surface area contributed by atoms with Gasteiger partial charge in [-0.15, -0.1) is 0 Å². The first kappa shape index (κ1) is 10.9. The van der Waals surface area contributed by atoms with E-state index in [1.54, 1.807) is 0 Å². The van der Waals surface area contributed by atoms with Crippen LogP contribution in [0.4, 0.5) is 0 Å². The van der Waals surface area contributed by atoms with Crippen molar-refractivity contribution in [3.8, 4) is 0 Å². The molecular weight excluding hydrogens is 196 g/mol. The lowest BCUT2D eigenvalue weighted by Crippen LogP contribution is -2.12. The molecule has 1 radical (unpaired) electrons. The van der Waals surface area contributed by atoms with Crippen molar-refractivity contribution in [1.29, 1.82) is 0 Å². The van der Waals surface area contributed by atoms with E-state index in [0.29, 0.717) is 12.8 Å². The molecule has 2 rings (SSSR count). The van der Waals surface area contributed by atoms with E-state index in [9.17, 15) is 5.11 Å². The van der Waals surface area contributed by atoms with Crippen LogP contribution in [0.2, 0.25) is 0 Å². The summed E-state index contributed by atoms with van der Waals surface area (Å²) in [7, 11) is 0. The minimum absolute atomic E-state index is 0.551. The summed E-state index contributed by atoms with van der Waals surface area (Å²) in [6, 6.07) is 19.9. The molecule has 0 unspecified atom stereocenters. The minimum atomic E-state index is -0.551. The number of rotatable bonds is 4. The third-order valence-corrected chi connectivity index (χ3v) is 2.61. The quantitative estimate of drug-likeness (QED) is 0.739. The van der Waals surface area contributed by atoms with E-state index in [-0.39, 0.29) is 0 Å². The van der Waals surface area contributed by atoms with Gasteiger partial charge in [-0.1, -0.05) is 60.7 Å². The highest BCUT2D eigenvalue weighted by molar-refractivity contribution is 5.18. The predicted octanol–water partition coefficient (Wildman–Crippen LogP) is 3.27. The van der Waals surface area contributed by atoms with Gasteiger partial charge in [-0.3, -0.25) is 0 Å². The molecule has 0 aromatic heterocycles. The summed E-state index contributed by atoms with van der Waals surface area (Å²) in [6.07, 6.45) is 0.663. The van der Waals surface area contributed by atoms with E-state index in [1.165, 1.54) is 0 Å². The smallest absolute Gasteiger partial charge is 0.101 e. The molecule has 2 aromatic carbocycles. The summed E-state index contributed by atoms with van der Waals surface area (Å²) >= 11 is 0. The Balaban J connectivity index is 1.92. The third kappa shape index (κ3) is 3.21. The second-order valence-electron chi connectivity index (χ2n) is 4.00. The zero-order chi connectivity index (χ0) is 11.2. The molecule has 0 fully saturated rings. The molecular formula is C15H15O. The lowest BCUT2D eigenvalue weighted by Gasteiger charge is -2.08. The van der Waals surface area contributed by atoms with Crippen molar-refractivity contribution in [3.05, 3.63) is 71.8 Å². The zero-order valence-electron chi connectivity index (χ0n) is 9.17. The molecule has 0 amide bonds. The van der Waals surface area contributed by atoms with Gasteiger partial charge in [-0.2, -0.15) is 0 Å². The molecule has 0 saturated heterocycles. The average Bonchev–Trinajstić information content (AvgIpc) is 2.31. The van der Waals surface area contributed by atoms with Gasteiger partial charge in [0.15, 0.2) is 0 Å². The largest absolute Gasteiger partial charge is 0.232 e. The van der Waals surface area contributed by atoms with Crippen LogP contribution in [0.15, 0.2) is 60.7 Å². The lowest BCUT2D eigenvalue weighted by molar-refractivity contribution is 0.0896. The van der Waals surface area contributed by atoms with E-state index in [4.69, 9.17) is 0 Å². The van der Waals surface area contributed by atoms with Crippen molar-refractivity contribution < 1.29 is 5.11 Å². The molecule has 0 saturated carbocycles. The highest BCUT2D eigenvalue weighted by Gasteiger charge is 2.07. The molecule has 0 atom stereocenters. The fourth-order valence-electron chi connectivity index (χ4n) is 1.83. The molecule has 0 aliphatic heterocycles. The Bertz CT molecular complexity index is 366. The van der Waals surface area contributed by atoms with Crippen LogP contribution in [0.25, 0.3) is 0 Å². The maximum Gasteiger partial charge on any atom is 0.101 e. The van der Waals surface area contributed by atoms with E-state index in [0.717, 1.165) is 11.1 Å². The maximum atomic E-state index is 11.9. The Morgan fingerprint density at radius 1 is 0.688 bits per heavy atom. The minimum Gasteiger partial charge on any atom is -0.232 e. The summed E-state index contributed by atoms with van der Waals surface area (Å²) < 4.78 is 0. The summed E-state index contributed by atoms with van der Waals surface area (Å²) in [5.41, 5.74) is 2.25. The fraction of sp³-hybridized carbons (Fsp3) is 0.200. The van der Waals surface area contributed by atoms with Crippen molar-refractivity contribution >= 4 is 0 Å². The van der Waals surface area contributed by atoms with Crippen molar-refractivity contribution in [2.24, 2.45) is 0 Å². The van der Waals surface area contributed by atoms with Gasteiger partial charge in [0.1, 0.15) is 6.10 Å². The second-order valence-corrected chi connectivity index (χ2v) is 4.00. The topological polar surface area (TPSA) is 19.9 Å². The van der Waals surface area contributed by atoms with Gasteiger partial charge in [0.25, 0.3) is 0 Å². The van der Waals surface area contributed by atoms with E-state index in [1.807, 2.05) is 60.7 Å². The normalized spacial score (nSPS) is 10.6. The van der Waals surface area contributed by atoms with Crippen LogP contribution in [0, 0.1) is 0 Å². The van der Waals surface area contributed by atoms with Crippen LogP contribution >= 0.6 is 0 Å². The van der Waals surface area contributed by atoms with E-state index >= 15 is 0 Å². The van der Waals surface area contributed by atoms with Gasteiger partial charge in [0, 0.05) is 12.8 Å². The Labute approximate surface area is 96.4 Å². The first-order valence-corrected chi connectivity index (χ1v) is 5.58. The van der Waals surface area contributed by atoms with Gasteiger partial charge in [-0.25, -0.2) is 5.11 Å². The summed E-state index contributed by atoms with van der Waals surface area (Å²) in [5, 5.41) is 11.9. The summed E-state index contributed by atoms with van der Waals surface area (Å²) in [4.78, 5) is 0. The predicted molar refractivity (Wildman–Crippen MR) is 64.8 cm³/mol. The van der Waals surface area contributed by atoms with E-state index < -0.39 is 6.10 Å².